The summed E-state index contributed by atoms with van der Waals surface area (Å²) in [6.07, 6.45) is 5.83. The van der Waals surface area contributed by atoms with E-state index in [2.05, 4.69) is 6.92 Å². The molecule has 1 atom stereocenters. The van der Waals surface area contributed by atoms with E-state index in [-0.39, 0.29) is 11.9 Å². The van der Waals surface area contributed by atoms with Gasteiger partial charge in [-0.1, -0.05) is 44.7 Å². The minimum atomic E-state index is -0.238. The van der Waals surface area contributed by atoms with Crippen molar-refractivity contribution in [2.24, 2.45) is 5.73 Å². The van der Waals surface area contributed by atoms with Crippen LogP contribution in [0.5, 0.6) is 0 Å². The molecule has 18 heavy (non-hydrogen) atoms. The molecule has 1 unspecified atom stereocenters. The molecule has 1 rings (SSSR count). The highest BCUT2D eigenvalue weighted by molar-refractivity contribution is 5.19. The Labute approximate surface area is 109 Å². The lowest BCUT2D eigenvalue weighted by Gasteiger charge is -2.16. The summed E-state index contributed by atoms with van der Waals surface area (Å²) in [4.78, 5) is 0. The zero-order chi connectivity index (χ0) is 13.2. The SMILES string of the molecule is CCCCCCCOC(CN)c1cccc(F)c1. The van der Waals surface area contributed by atoms with Crippen LogP contribution >= 0.6 is 0 Å². The van der Waals surface area contributed by atoms with E-state index in [0.717, 1.165) is 12.0 Å². The number of hydrogen-bond donors (Lipinski definition) is 1. The number of halogens is 1. The molecule has 0 bridgehead atoms. The van der Waals surface area contributed by atoms with Crippen LogP contribution in [0, 0.1) is 5.82 Å². The van der Waals surface area contributed by atoms with Crippen molar-refractivity contribution >= 4 is 0 Å². The highest BCUT2D eigenvalue weighted by atomic mass is 19.1. The Hall–Kier alpha value is -0.930. The average molecular weight is 253 g/mol. The van der Waals surface area contributed by atoms with Crippen LogP contribution < -0.4 is 5.73 Å². The summed E-state index contributed by atoms with van der Waals surface area (Å²) in [5.74, 6) is -0.238. The fourth-order valence-electron chi connectivity index (χ4n) is 1.94. The van der Waals surface area contributed by atoms with Gasteiger partial charge in [0.1, 0.15) is 5.82 Å². The van der Waals surface area contributed by atoms with Crippen molar-refractivity contribution in [2.45, 2.75) is 45.1 Å². The van der Waals surface area contributed by atoms with Crippen LogP contribution in [0.1, 0.15) is 50.7 Å². The first-order valence-electron chi connectivity index (χ1n) is 6.85. The van der Waals surface area contributed by atoms with Crippen molar-refractivity contribution in [1.82, 2.24) is 0 Å². The molecule has 2 N–H and O–H groups in total. The molecule has 102 valence electrons. The molecule has 0 saturated carbocycles. The third-order valence-electron chi connectivity index (χ3n) is 3.00. The van der Waals surface area contributed by atoms with Crippen LogP contribution in [0.15, 0.2) is 24.3 Å². The molecule has 0 heterocycles. The van der Waals surface area contributed by atoms with Crippen LogP contribution in [-0.4, -0.2) is 13.2 Å². The molecule has 0 fully saturated rings. The second kappa shape index (κ2) is 9.06. The van der Waals surface area contributed by atoms with E-state index >= 15 is 0 Å². The van der Waals surface area contributed by atoms with E-state index < -0.39 is 0 Å². The Morgan fingerprint density at radius 3 is 2.67 bits per heavy atom. The Balaban J connectivity index is 2.29. The molecule has 0 aliphatic rings. The minimum absolute atomic E-state index is 0.188. The first-order chi connectivity index (χ1) is 8.77. The van der Waals surface area contributed by atoms with E-state index in [0.29, 0.717) is 13.2 Å². The first kappa shape index (κ1) is 15.1. The monoisotopic (exact) mass is 253 g/mol. The van der Waals surface area contributed by atoms with Gasteiger partial charge < -0.3 is 10.5 Å². The van der Waals surface area contributed by atoms with Crippen LogP contribution in [0.2, 0.25) is 0 Å². The normalized spacial score (nSPS) is 12.6. The van der Waals surface area contributed by atoms with Gasteiger partial charge in [0.25, 0.3) is 0 Å². The Morgan fingerprint density at radius 2 is 2.00 bits per heavy atom. The summed E-state index contributed by atoms with van der Waals surface area (Å²) in [7, 11) is 0. The van der Waals surface area contributed by atoms with Crippen molar-refractivity contribution in [1.29, 1.82) is 0 Å². The molecule has 2 nitrogen and oxygen atoms in total. The van der Waals surface area contributed by atoms with Crippen molar-refractivity contribution in [3.05, 3.63) is 35.6 Å². The van der Waals surface area contributed by atoms with Gasteiger partial charge in [0.15, 0.2) is 0 Å². The second-order valence-electron chi connectivity index (χ2n) is 4.56. The van der Waals surface area contributed by atoms with Crippen LogP contribution in [0.25, 0.3) is 0 Å². The molecule has 0 aliphatic carbocycles. The lowest BCUT2D eigenvalue weighted by atomic mass is 10.1. The summed E-state index contributed by atoms with van der Waals surface area (Å²) in [6.45, 7) is 3.28. The largest absolute Gasteiger partial charge is 0.372 e. The molecule has 0 saturated heterocycles. The van der Waals surface area contributed by atoms with Gasteiger partial charge in [0.05, 0.1) is 6.10 Å². The zero-order valence-corrected chi connectivity index (χ0v) is 11.2. The maximum Gasteiger partial charge on any atom is 0.123 e. The minimum Gasteiger partial charge on any atom is -0.372 e. The predicted octanol–water partition coefficient (Wildman–Crippen LogP) is 3.81. The van der Waals surface area contributed by atoms with Gasteiger partial charge in [-0.15, -0.1) is 0 Å². The number of hydrogen-bond acceptors (Lipinski definition) is 2. The van der Waals surface area contributed by atoms with Crippen molar-refractivity contribution in [3.8, 4) is 0 Å². The Bertz CT molecular complexity index is 330. The van der Waals surface area contributed by atoms with E-state index in [1.165, 1.54) is 37.8 Å². The highest BCUT2D eigenvalue weighted by Crippen LogP contribution is 2.17. The number of rotatable bonds is 9. The fraction of sp³-hybridized carbons (Fsp3) is 0.600. The average Bonchev–Trinajstić information content (AvgIpc) is 2.38. The van der Waals surface area contributed by atoms with E-state index in [1.807, 2.05) is 6.07 Å². The molecule has 0 radical (unpaired) electrons. The molecule has 0 aromatic heterocycles. The van der Waals surface area contributed by atoms with Crippen LogP contribution in [0.4, 0.5) is 4.39 Å². The smallest absolute Gasteiger partial charge is 0.123 e. The van der Waals surface area contributed by atoms with E-state index in [1.54, 1.807) is 6.07 Å². The Kier molecular flexibility index (Phi) is 7.62. The summed E-state index contributed by atoms with van der Waals surface area (Å²) in [5, 5.41) is 0. The van der Waals surface area contributed by atoms with Gasteiger partial charge in [-0.05, 0) is 24.1 Å². The van der Waals surface area contributed by atoms with Crippen molar-refractivity contribution in [2.75, 3.05) is 13.2 Å². The lowest BCUT2D eigenvalue weighted by Crippen LogP contribution is -2.16. The number of benzene rings is 1. The first-order valence-corrected chi connectivity index (χ1v) is 6.85. The van der Waals surface area contributed by atoms with Gasteiger partial charge in [-0.2, -0.15) is 0 Å². The molecule has 1 aromatic rings. The third kappa shape index (κ3) is 5.61. The number of ether oxygens (including phenoxy) is 1. The van der Waals surface area contributed by atoms with Gasteiger partial charge in [-0.25, -0.2) is 4.39 Å². The molecular weight excluding hydrogens is 229 g/mol. The van der Waals surface area contributed by atoms with Gasteiger partial charge >= 0.3 is 0 Å². The molecular formula is C15H24FNO. The summed E-state index contributed by atoms with van der Waals surface area (Å²) < 4.78 is 18.8. The van der Waals surface area contributed by atoms with Gasteiger partial charge in [0, 0.05) is 13.2 Å². The Morgan fingerprint density at radius 1 is 1.22 bits per heavy atom. The van der Waals surface area contributed by atoms with Crippen LogP contribution in [-0.2, 0) is 4.74 Å². The van der Waals surface area contributed by atoms with Crippen molar-refractivity contribution < 1.29 is 9.13 Å². The standard InChI is InChI=1S/C15H24FNO/c1-2-3-4-5-6-10-18-15(12-17)13-8-7-9-14(16)11-13/h7-9,11,15H,2-6,10,12,17H2,1H3. The summed E-state index contributed by atoms with van der Waals surface area (Å²) in [6, 6.07) is 6.48. The maximum absolute atomic E-state index is 13.1. The third-order valence-corrected chi connectivity index (χ3v) is 3.00. The molecule has 0 amide bonds. The number of nitrogens with two attached hydrogens (primary N) is 1. The lowest BCUT2D eigenvalue weighted by molar-refractivity contribution is 0.0556. The maximum atomic E-state index is 13.1. The molecule has 0 aliphatic heterocycles. The number of unbranched alkanes of at least 4 members (excludes halogenated alkanes) is 4. The quantitative estimate of drug-likeness (QED) is 0.679. The van der Waals surface area contributed by atoms with Crippen LogP contribution in [0.3, 0.4) is 0 Å². The highest BCUT2D eigenvalue weighted by Gasteiger charge is 2.10. The van der Waals surface area contributed by atoms with Gasteiger partial charge in [-0.3, -0.25) is 0 Å². The van der Waals surface area contributed by atoms with Crippen molar-refractivity contribution in [3.63, 3.8) is 0 Å². The second-order valence-corrected chi connectivity index (χ2v) is 4.56. The van der Waals surface area contributed by atoms with E-state index in [9.17, 15) is 4.39 Å². The fourth-order valence-corrected chi connectivity index (χ4v) is 1.94. The zero-order valence-electron chi connectivity index (χ0n) is 11.2. The van der Waals surface area contributed by atoms with Gasteiger partial charge in [0.2, 0.25) is 0 Å². The van der Waals surface area contributed by atoms with E-state index in [4.69, 9.17) is 10.5 Å². The predicted molar refractivity (Wildman–Crippen MR) is 72.9 cm³/mol. The molecule has 0 spiro atoms. The molecule has 3 heteroatoms. The summed E-state index contributed by atoms with van der Waals surface area (Å²) in [5.41, 5.74) is 6.49. The molecule has 1 aromatic carbocycles. The summed E-state index contributed by atoms with van der Waals surface area (Å²) >= 11 is 0. The topological polar surface area (TPSA) is 35.2 Å².